The Balaban J connectivity index is 3.67. The second kappa shape index (κ2) is 12.3. The molecule has 0 saturated heterocycles. The Morgan fingerprint density at radius 1 is 1.12 bits per heavy atom. The van der Waals surface area contributed by atoms with Gasteiger partial charge in [-0.05, 0) is 13.3 Å². The molecule has 104 valence electrons. The Morgan fingerprint density at radius 2 is 1.88 bits per heavy atom. The van der Waals surface area contributed by atoms with Gasteiger partial charge in [0, 0.05) is 7.11 Å². The minimum absolute atomic E-state index is 0.0907. The fourth-order valence-corrected chi connectivity index (χ4v) is 1.47. The molecule has 0 bridgehead atoms. The Labute approximate surface area is 105 Å². The van der Waals surface area contributed by atoms with E-state index in [1.807, 2.05) is 0 Å². The molecule has 0 aromatic heterocycles. The summed E-state index contributed by atoms with van der Waals surface area (Å²) in [7, 11) is 1.66. The van der Waals surface area contributed by atoms with Crippen molar-refractivity contribution in [3.8, 4) is 0 Å². The standard InChI is InChI=1S/C13H28O4/c1-4-5-6-7-13(17-10-12(2)14)11-16-9-8-15-3/h12-14H,4-11H2,1-3H3. The van der Waals surface area contributed by atoms with Crippen LogP contribution >= 0.6 is 0 Å². The molecular formula is C13H28O4. The van der Waals surface area contributed by atoms with Gasteiger partial charge in [-0.15, -0.1) is 0 Å². The van der Waals surface area contributed by atoms with Gasteiger partial charge in [-0.1, -0.05) is 26.2 Å². The molecule has 0 aliphatic carbocycles. The van der Waals surface area contributed by atoms with Crippen LogP contribution in [0.5, 0.6) is 0 Å². The molecular weight excluding hydrogens is 220 g/mol. The van der Waals surface area contributed by atoms with Gasteiger partial charge >= 0.3 is 0 Å². The zero-order chi connectivity index (χ0) is 12.9. The second-order valence-electron chi connectivity index (χ2n) is 4.37. The molecule has 0 heterocycles. The number of hydrogen-bond donors (Lipinski definition) is 1. The molecule has 0 aromatic rings. The van der Waals surface area contributed by atoms with Crippen LogP contribution in [0.2, 0.25) is 0 Å². The minimum Gasteiger partial charge on any atom is -0.391 e. The van der Waals surface area contributed by atoms with Gasteiger partial charge in [0.1, 0.15) is 0 Å². The summed E-state index contributed by atoms with van der Waals surface area (Å²) < 4.78 is 16.0. The van der Waals surface area contributed by atoms with Crippen LogP contribution in [0, 0.1) is 0 Å². The molecule has 0 spiro atoms. The third-order valence-electron chi connectivity index (χ3n) is 2.44. The number of ether oxygens (including phenoxy) is 3. The van der Waals surface area contributed by atoms with Gasteiger partial charge in [-0.3, -0.25) is 0 Å². The predicted molar refractivity (Wildman–Crippen MR) is 68.3 cm³/mol. The lowest BCUT2D eigenvalue weighted by Gasteiger charge is -2.19. The van der Waals surface area contributed by atoms with E-state index >= 15 is 0 Å². The second-order valence-corrected chi connectivity index (χ2v) is 4.37. The van der Waals surface area contributed by atoms with E-state index in [1.54, 1.807) is 14.0 Å². The van der Waals surface area contributed by atoms with Crippen LogP contribution in [0.1, 0.15) is 39.5 Å². The molecule has 0 aliphatic heterocycles. The van der Waals surface area contributed by atoms with Crippen molar-refractivity contribution < 1.29 is 19.3 Å². The van der Waals surface area contributed by atoms with Crippen molar-refractivity contribution in [3.05, 3.63) is 0 Å². The van der Waals surface area contributed by atoms with E-state index < -0.39 is 6.10 Å². The molecule has 0 aromatic carbocycles. The molecule has 0 radical (unpaired) electrons. The lowest BCUT2D eigenvalue weighted by Crippen LogP contribution is -2.25. The molecule has 0 aliphatic rings. The first kappa shape index (κ1) is 16.8. The van der Waals surface area contributed by atoms with Crippen LogP contribution < -0.4 is 0 Å². The number of rotatable bonds is 12. The molecule has 0 saturated carbocycles. The average Bonchev–Trinajstić information content (AvgIpc) is 2.30. The molecule has 17 heavy (non-hydrogen) atoms. The van der Waals surface area contributed by atoms with Gasteiger partial charge in [0.25, 0.3) is 0 Å². The number of aliphatic hydroxyl groups excluding tert-OH is 1. The van der Waals surface area contributed by atoms with Gasteiger partial charge in [-0.25, -0.2) is 0 Å². The van der Waals surface area contributed by atoms with Gasteiger partial charge in [-0.2, -0.15) is 0 Å². The Hall–Kier alpha value is -0.160. The quantitative estimate of drug-likeness (QED) is 0.537. The van der Waals surface area contributed by atoms with E-state index in [4.69, 9.17) is 14.2 Å². The number of methoxy groups -OCH3 is 1. The maximum Gasteiger partial charge on any atom is 0.0809 e. The molecule has 1 N–H and O–H groups in total. The van der Waals surface area contributed by atoms with Crippen molar-refractivity contribution in [2.45, 2.75) is 51.7 Å². The number of hydrogen-bond acceptors (Lipinski definition) is 4. The Morgan fingerprint density at radius 3 is 2.47 bits per heavy atom. The van der Waals surface area contributed by atoms with Crippen molar-refractivity contribution >= 4 is 0 Å². The van der Waals surface area contributed by atoms with Crippen LogP contribution in [0.4, 0.5) is 0 Å². The van der Waals surface area contributed by atoms with E-state index in [1.165, 1.54) is 12.8 Å². The summed E-state index contributed by atoms with van der Waals surface area (Å²) in [5.41, 5.74) is 0. The summed E-state index contributed by atoms with van der Waals surface area (Å²) in [6.45, 7) is 6.08. The van der Waals surface area contributed by atoms with Crippen LogP contribution in [-0.2, 0) is 14.2 Å². The molecule has 4 nitrogen and oxygen atoms in total. The summed E-state index contributed by atoms with van der Waals surface area (Å²) in [4.78, 5) is 0. The zero-order valence-corrected chi connectivity index (χ0v) is 11.5. The lowest BCUT2D eigenvalue weighted by atomic mass is 10.1. The topological polar surface area (TPSA) is 47.9 Å². The van der Waals surface area contributed by atoms with Gasteiger partial charge in [0.05, 0.1) is 38.6 Å². The van der Waals surface area contributed by atoms with Gasteiger partial charge in [0.2, 0.25) is 0 Å². The van der Waals surface area contributed by atoms with Crippen molar-refractivity contribution in [2.75, 3.05) is 33.5 Å². The average molecular weight is 248 g/mol. The van der Waals surface area contributed by atoms with Crippen molar-refractivity contribution in [3.63, 3.8) is 0 Å². The maximum atomic E-state index is 9.20. The van der Waals surface area contributed by atoms with Crippen molar-refractivity contribution in [1.29, 1.82) is 0 Å². The SMILES string of the molecule is CCCCCC(COCCOC)OCC(C)O. The summed E-state index contributed by atoms with van der Waals surface area (Å²) in [6, 6.07) is 0. The van der Waals surface area contributed by atoms with E-state index in [-0.39, 0.29) is 6.10 Å². The van der Waals surface area contributed by atoms with Crippen LogP contribution in [-0.4, -0.2) is 50.9 Å². The first-order valence-electron chi connectivity index (χ1n) is 6.57. The lowest BCUT2D eigenvalue weighted by molar-refractivity contribution is -0.0545. The monoisotopic (exact) mass is 248 g/mol. The summed E-state index contributed by atoms with van der Waals surface area (Å²) in [5.74, 6) is 0. The largest absolute Gasteiger partial charge is 0.391 e. The Bertz CT molecular complexity index is 150. The van der Waals surface area contributed by atoms with Crippen LogP contribution in [0.15, 0.2) is 0 Å². The molecule has 4 heteroatoms. The highest BCUT2D eigenvalue weighted by Gasteiger charge is 2.10. The highest BCUT2D eigenvalue weighted by atomic mass is 16.5. The molecule has 2 atom stereocenters. The van der Waals surface area contributed by atoms with Crippen LogP contribution in [0.25, 0.3) is 0 Å². The van der Waals surface area contributed by atoms with Crippen molar-refractivity contribution in [1.82, 2.24) is 0 Å². The maximum absolute atomic E-state index is 9.20. The molecule has 0 amide bonds. The first-order valence-corrected chi connectivity index (χ1v) is 6.57. The van der Waals surface area contributed by atoms with Gasteiger partial charge < -0.3 is 19.3 Å². The third kappa shape index (κ3) is 12.1. The molecule has 0 rings (SSSR count). The smallest absolute Gasteiger partial charge is 0.0809 e. The normalized spacial score (nSPS) is 14.8. The highest BCUT2D eigenvalue weighted by molar-refractivity contribution is 4.59. The van der Waals surface area contributed by atoms with E-state index in [0.717, 1.165) is 12.8 Å². The molecule has 0 fully saturated rings. The number of aliphatic hydroxyl groups is 1. The number of unbranched alkanes of at least 4 members (excludes halogenated alkanes) is 2. The van der Waals surface area contributed by atoms with E-state index in [9.17, 15) is 5.11 Å². The fourth-order valence-electron chi connectivity index (χ4n) is 1.47. The zero-order valence-electron chi connectivity index (χ0n) is 11.5. The van der Waals surface area contributed by atoms with E-state index in [0.29, 0.717) is 26.4 Å². The summed E-state index contributed by atoms with van der Waals surface area (Å²) in [5, 5.41) is 9.20. The fraction of sp³-hybridized carbons (Fsp3) is 1.00. The van der Waals surface area contributed by atoms with Crippen molar-refractivity contribution in [2.24, 2.45) is 0 Å². The van der Waals surface area contributed by atoms with Gasteiger partial charge in [0.15, 0.2) is 0 Å². The van der Waals surface area contributed by atoms with Crippen LogP contribution in [0.3, 0.4) is 0 Å². The first-order chi connectivity index (χ1) is 8.20. The highest BCUT2D eigenvalue weighted by Crippen LogP contribution is 2.08. The van der Waals surface area contributed by atoms with E-state index in [2.05, 4.69) is 6.92 Å². The summed E-state index contributed by atoms with van der Waals surface area (Å²) >= 11 is 0. The predicted octanol–water partition coefficient (Wildman–Crippen LogP) is 2.00. The summed E-state index contributed by atoms with van der Waals surface area (Å²) in [6.07, 6.45) is 4.23. The molecule has 2 unspecified atom stereocenters. The third-order valence-corrected chi connectivity index (χ3v) is 2.44. The Kier molecular flexibility index (Phi) is 12.2. The minimum atomic E-state index is -0.414.